The van der Waals surface area contributed by atoms with E-state index in [1.54, 1.807) is 4.90 Å². The van der Waals surface area contributed by atoms with Crippen molar-refractivity contribution in [3.8, 4) is 23.0 Å². The molecule has 3 aromatic carbocycles. The summed E-state index contributed by atoms with van der Waals surface area (Å²) in [6.45, 7) is 6.48. The summed E-state index contributed by atoms with van der Waals surface area (Å²) in [6.07, 6.45) is 3.54. The number of fused-ring (bicyclic) bond motifs is 1. The third-order valence-corrected chi connectivity index (χ3v) is 8.69. The summed E-state index contributed by atoms with van der Waals surface area (Å²) in [6, 6.07) is 30.8. The van der Waals surface area contributed by atoms with Crippen molar-refractivity contribution >= 4 is 22.7 Å². The zero-order chi connectivity index (χ0) is 33.7. The molecule has 0 spiro atoms. The molecule has 1 saturated carbocycles. The maximum absolute atomic E-state index is 12.6. The SMILES string of the molecule is Cn1nc(-c2ccc(OCc3ccccc3)nc2OCc2ccccc2)c2ccc(N[C@H]3CC[C@@H](N(C)C(=O)OC(C)(C)C)CC3)cc21. The average Bonchev–Trinajstić information content (AvgIpc) is 3.41. The van der Waals surface area contributed by atoms with E-state index in [2.05, 4.69) is 23.5 Å². The molecule has 0 bridgehead atoms. The Balaban J connectivity index is 1.18. The molecule has 2 heterocycles. The molecule has 0 saturated heterocycles. The lowest BCUT2D eigenvalue weighted by Gasteiger charge is -2.36. The Morgan fingerprint density at radius 3 is 2.17 bits per heavy atom. The van der Waals surface area contributed by atoms with Crippen molar-refractivity contribution in [1.82, 2.24) is 19.7 Å². The fraction of sp³-hybridized carbons (Fsp3) is 0.359. The monoisotopic (exact) mass is 647 g/mol. The third kappa shape index (κ3) is 8.08. The van der Waals surface area contributed by atoms with Crippen LogP contribution in [0.25, 0.3) is 22.2 Å². The van der Waals surface area contributed by atoms with Gasteiger partial charge in [0.1, 0.15) is 24.5 Å². The second kappa shape index (κ2) is 14.4. The van der Waals surface area contributed by atoms with Crippen LogP contribution >= 0.6 is 0 Å². The summed E-state index contributed by atoms with van der Waals surface area (Å²) < 4.78 is 19.9. The number of hydrogen-bond acceptors (Lipinski definition) is 7. The summed E-state index contributed by atoms with van der Waals surface area (Å²) >= 11 is 0. The number of anilines is 1. The minimum atomic E-state index is -0.498. The van der Waals surface area contributed by atoms with Crippen LogP contribution in [0.5, 0.6) is 11.8 Å². The molecule has 1 fully saturated rings. The first kappa shape index (κ1) is 32.9. The number of rotatable bonds is 10. The van der Waals surface area contributed by atoms with Gasteiger partial charge in [-0.25, -0.2) is 4.79 Å². The predicted octanol–water partition coefficient (Wildman–Crippen LogP) is 8.38. The predicted molar refractivity (Wildman–Crippen MR) is 189 cm³/mol. The van der Waals surface area contributed by atoms with Crippen LogP contribution in [0.1, 0.15) is 57.6 Å². The lowest BCUT2D eigenvalue weighted by Crippen LogP contribution is -2.43. The van der Waals surface area contributed by atoms with Gasteiger partial charge in [-0.3, -0.25) is 4.68 Å². The van der Waals surface area contributed by atoms with Crippen LogP contribution in [0.3, 0.4) is 0 Å². The van der Waals surface area contributed by atoms with Crippen molar-refractivity contribution in [2.24, 2.45) is 7.05 Å². The molecule has 0 atom stereocenters. The molecule has 2 aromatic heterocycles. The van der Waals surface area contributed by atoms with E-state index in [-0.39, 0.29) is 12.1 Å². The maximum Gasteiger partial charge on any atom is 0.410 e. The third-order valence-electron chi connectivity index (χ3n) is 8.69. The summed E-state index contributed by atoms with van der Waals surface area (Å²) in [7, 11) is 3.81. The maximum atomic E-state index is 12.6. The van der Waals surface area contributed by atoms with Crippen LogP contribution in [-0.2, 0) is 25.0 Å². The number of nitrogens with zero attached hydrogens (tertiary/aromatic N) is 4. The fourth-order valence-electron chi connectivity index (χ4n) is 6.12. The van der Waals surface area contributed by atoms with Crippen LogP contribution in [0.15, 0.2) is 91.0 Å². The van der Waals surface area contributed by atoms with E-state index >= 15 is 0 Å². The number of pyridine rings is 1. The van der Waals surface area contributed by atoms with Crippen LogP contribution in [0, 0.1) is 0 Å². The first-order valence-corrected chi connectivity index (χ1v) is 16.7. The van der Waals surface area contributed by atoms with Gasteiger partial charge in [0.2, 0.25) is 11.8 Å². The van der Waals surface area contributed by atoms with Crippen molar-refractivity contribution < 1.29 is 19.0 Å². The molecule has 5 aromatic rings. The van der Waals surface area contributed by atoms with Gasteiger partial charge in [-0.05, 0) is 81.8 Å². The molecule has 1 amide bonds. The minimum Gasteiger partial charge on any atom is -0.473 e. The first-order chi connectivity index (χ1) is 23.1. The number of nitrogens with one attached hydrogen (secondary N) is 1. The number of carbonyl (C=O) groups is 1. The Hall–Kier alpha value is -5.05. The molecule has 1 N–H and O–H groups in total. The van der Waals surface area contributed by atoms with Crippen molar-refractivity contribution in [2.45, 2.75) is 77.4 Å². The summed E-state index contributed by atoms with van der Waals surface area (Å²) in [4.78, 5) is 19.1. The average molecular weight is 648 g/mol. The van der Waals surface area contributed by atoms with Gasteiger partial charge in [0.05, 0.1) is 11.1 Å². The lowest BCUT2D eigenvalue weighted by molar-refractivity contribution is 0.0185. The molecule has 0 unspecified atom stereocenters. The zero-order valence-corrected chi connectivity index (χ0v) is 28.5. The molecular formula is C39H45N5O4. The van der Waals surface area contributed by atoms with Crippen molar-refractivity contribution in [1.29, 1.82) is 0 Å². The Morgan fingerprint density at radius 2 is 1.52 bits per heavy atom. The standard InChI is InChI=1S/C39H45N5O4/c1-39(2,3)48-38(45)43(4)31-19-16-29(17-20-31)40-30-18-21-32-34(24-30)44(5)42-36(32)33-22-23-35(46-25-27-12-8-6-9-13-27)41-37(33)47-26-28-14-10-7-11-15-28/h6-15,18,21-24,29,31,40H,16-17,19-20,25-26H2,1-5H3/t29-,31+. The molecule has 1 aliphatic carbocycles. The number of benzene rings is 3. The molecule has 1 aliphatic rings. The van der Waals surface area contributed by atoms with E-state index in [4.69, 9.17) is 24.3 Å². The quantitative estimate of drug-likeness (QED) is 0.163. The number of ether oxygens (including phenoxy) is 3. The number of aromatic nitrogens is 3. The Kier molecular flexibility index (Phi) is 9.85. The molecule has 0 aliphatic heterocycles. The number of amides is 1. The highest BCUT2D eigenvalue weighted by molar-refractivity contribution is 5.96. The molecule has 6 rings (SSSR count). The number of hydrogen-bond donors (Lipinski definition) is 1. The number of aryl methyl sites for hydroxylation is 1. The summed E-state index contributed by atoms with van der Waals surface area (Å²) in [5, 5.41) is 9.68. The van der Waals surface area contributed by atoms with Gasteiger partial charge in [0.25, 0.3) is 0 Å². The van der Waals surface area contributed by atoms with E-state index in [1.165, 1.54) is 0 Å². The van der Waals surface area contributed by atoms with E-state index in [9.17, 15) is 4.79 Å². The van der Waals surface area contributed by atoms with Gasteiger partial charge in [-0.2, -0.15) is 10.1 Å². The molecular weight excluding hydrogens is 602 g/mol. The van der Waals surface area contributed by atoms with E-state index in [0.717, 1.165) is 64.7 Å². The highest BCUT2D eigenvalue weighted by Gasteiger charge is 2.29. The first-order valence-electron chi connectivity index (χ1n) is 16.7. The molecule has 250 valence electrons. The number of carbonyl (C=O) groups excluding carboxylic acids is 1. The van der Waals surface area contributed by atoms with Crippen molar-refractivity contribution in [3.63, 3.8) is 0 Å². The van der Waals surface area contributed by atoms with E-state index in [0.29, 0.717) is 31.0 Å². The normalized spacial score (nSPS) is 16.4. The molecule has 9 heteroatoms. The second-order valence-corrected chi connectivity index (χ2v) is 13.5. The Bertz CT molecular complexity index is 1830. The molecule has 9 nitrogen and oxygen atoms in total. The topological polar surface area (TPSA) is 90.7 Å². The van der Waals surface area contributed by atoms with E-state index in [1.807, 2.05) is 112 Å². The minimum absolute atomic E-state index is 0.182. The smallest absolute Gasteiger partial charge is 0.410 e. The van der Waals surface area contributed by atoms with Gasteiger partial charge >= 0.3 is 6.09 Å². The van der Waals surface area contributed by atoms with Gasteiger partial charge in [-0.1, -0.05) is 60.7 Å². The highest BCUT2D eigenvalue weighted by Crippen LogP contribution is 2.36. The van der Waals surface area contributed by atoms with Crippen LogP contribution in [0.2, 0.25) is 0 Å². The Morgan fingerprint density at radius 1 is 0.875 bits per heavy atom. The molecule has 48 heavy (non-hydrogen) atoms. The summed E-state index contributed by atoms with van der Waals surface area (Å²) in [5.74, 6) is 0.962. The highest BCUT2D eigenvalue weighted by atomic mass is 16.6. The van der Waals surface area contributed by atoms with Crippen LogP contribution in [0.4, 0.5) is 10.5 Å². The van der Waals surface area contributed by atoms with Crippen molar-refractivity contribution in [2.75, 3.05) is 12.4 Å². The lowest BCUT2D eigenvalue weighted by atomic mass is 9.90. The Labute approximate surface area is 282 Å². The largest absolute Gasteiger partial charge is 0.473 e. The summed E-state index contributed by atoms with van der Waals surface area (Å²) in [5.41, 5.74) is 5.27. The van der Waals surface area contributed by atoms with Crippen LogP contribution in [-0.4, -0.2) is 50.5 Å². The fourth-order valence-corrected chi connectivity index (χ4v) is 6.12. The van der Waals surface area contributed by atoms with Gasteiger partial charge < -0.3 is 24.4 Å². The van der Waals surface area contributed by atoms with E-state index < -0.39 is 5.60 Å². The van der Waals surface area contributed by atoms with Gasteiger partial charge in [0, 0.05) is 43.3 Å². The van der Waals surface area contributed by atoms with Gasteiger partial charge in [-0.15, -0.1) is 0 Å². The van der Waals surface area contributed by atoms with Crippen molar-refractivity contribution in [3.05, 3.63) is 102 Å². The molecule has 0 radical (unpaired) electrons. The van der Waals surface area contributed by atoms with Crippen LogP contribution < -0.4 is 14.8 Å². The second-order valence-electron chi connectivity index (χ2n) is 13.5. The van der Waals surface area contributed by atoms with Gasteiger partial charge in [0.15, 0.2) is 0 Å². The zero-order valence-electron chi connectivity index (χ0n) is 28.5.